The van der Waals surface area contributed by atoms with Crippen molar-refractivity contribution in [2.45, 2.75) is 24.9 Å². The Balaban J connectivity index is 4.30. The molecule has 22 heavy (non-hydrogen) atoms. The van der Waals surface area contributed by atoms with E-state index < -0.39 is 29.9 Å². The van der Waals surface area contributed by atoms with Gasteiger partial charge in [0.15, 0.2) is 0 Å². The fraction of sp³-hybridized carbons (Fsp3) is 0.769. The maximum absolute atomic E-state index is 11.8. The SMILES string of the molecule is C[N+](C)(C)CCOC(=O)[C@@H](CS)NC(=O)[C@@H](N)CCC(=O)[O-]. The maximum Gasteiger partial charge on any atom is 0.329 e. The Morgan fingerprint density at radius 1 is 1.32 bits per heavy atom. The second kappa shape index (κ2) is 9.65. The number of aliphatic carboxylic acids is 1. The molecule has 3 N–H and O–H groups in total. The zero-order chi connectivity index (χ0) is 17.3. The summed E-state index contributed by atoms with van der Waals surface area (Å²) in [7, 11) is 5.88. The van der Waals surface area contributed by atoms with Crippen molar-refractivity contribution in [2.75, 3.05) is 40.0 Å². The molecule has 0 unspecified atom stereocenters. The minimum atomic E-state index is -1.28. The average molecular weight is 335 g/mol. The van der Waals surface area contributed by atoms with Gasteiger partial charge in [-0.15, -0.1) is 0 Å². The van der Waals surface area contributed by atoms with Crippen molar-refractivity contribution in [3.63, 3.8) is 0 Å². The number of hydrogen-bond acceptors (Lipinski definition) is 7. The zero-order valence-corrected chi connectivity index (χ0v) is 14.1. The molecule has 0 saturated heterocycles. The third kappa shape index (κ3) is 9.59. The number of carboxylic acid groups (broad SMARTS) is 1. The molecule has 0 aromatic heterocycles. The molecule has 0 aliphatic carbocycles. The van der Waals surface area contributed by atoms with Crippen LogP contribution in [0.5, 0.6) is 0 Å². The van der Waals surface area contributed by atoms with Gasteiger partial charge in [0.05, 0.1) is 27.2 Å². The third-order valence-electron chi connectivity index (χ3n) is 2.79. The van der Waals surface area contributed by atoms with Crippen LogP contribution in [0.3, 0.4) is 0 Å². The highest BCUT2D eigenvalue weighted by molar-refractivity contribution is 7.80. The van der Waals surface area contributed by atoms with Gasteiger partial charge in [-0.25, -0.2) is 4.79 Å². The topological polar surface area (TPSA) is 122 Å². The lowest BCUT2D eigenvalue weighted by molar-refractivity contribution is -0.870. The highest BCUT2D eigenvalue weighted by atomic mass is 32.1. The summed E-state index contributed by atoms with van der Waals surface area (Å²) >= 11 is 4.00. The Kier molecular flexibility index (Phi) is 9.07. The molecule has 2 atom stereocenters. The number of hydrogen-bond donors (Lipinski definition) is 3. The minimum absolute atomic E-state index is 0.0577. The van der Waals surface area contributed by atoms with Gasteiger partial charge < -0.3 is 30.2 Å². The van der Waals surface area contributed by atoms with Crippen LogP contribution in [-0.2, 0) is 19.1 Å². The van der Waals surface area contributed by atoms with Crippen LogP contribution in [0.4, 0.5) is 0 Å². The first-order chi connectivity index (χ1) is 10.1. The van der Waals surface area contributed by atoms with E-state index in [9.17, 15) is 19.5 Å². The fourth-order valence-corrected chi connectivity index (χ4v) is 1.62. The number of carbonyl (C=O) groups is 3. The molecule has 1 amide bonds. The van der Waals surface area contributed by atoms with Crippen LogP contribution in [0.2, 0.25) is 0 Å². The van der Waals surface area contributed by atoms with Gasteiger partial charge in [-0.1, -0.05) is 0 Å². The van der Waals surface area contributed by atoms with E-state index in [1.54, 1.807) is 0 Å². The number of thiol groups is 1. The first-order valence-electron chi connectivity index (χ1n) is 6.90. The third-order valence-corrected chi connectivity index (χ3v) is 3.15. The van der Waals surface area contributed by atoms with Crippen molar-refractivity contribution in [3.8, 4) is 0 Å². The van der Waals surface area contributed by atoms with E-state index in [2.05, 4.69) is 17.9 Å². The normalized spacial score (nSPS) is 14.0. The van der Waals surface area contributed by atoms with Crippen LogP contribution in [0.25, 0.3) is 0 Å². The van der Waals surface area contributed by atoms with Gasteiger partial charge in [0, 0.05) is 11.7 Å². The summed E-state index contributed by atoms with van der Waals surface area (Å²) in [6.45, 7) is 0.851. The first-order valence-corrected chi connectivity index (χ1v) is 7.54. The van der Waals surface area contributed by atoms with Crippen LogP contribution in [0, 0.1) is 0 Å². The summed E-state index contributed by atoms with van der Waals surface area (Å²) in [5.74, 6) is -2.44. The van der Waals surface area contributed by atoms with Gasteiger partial charge >= 0.3 is 5.97 Å². The van der Waals surface area contributed by atoms with E-state index >= 15 is 0 Å². The number of rotatable bonds is 10. The van der Waals surface area contributed by atoms with Crippen molar-refractivity contribution in [1.29, 1.82) is 0 Å². The quantitative estimate of drug-likeness (QED) is 0.231. The molecular formula is C13H25N3O5S. The zero-order valence-electron chi connectivity index (χ0n) is 13.2. The number of esters is 1. The van der Waals surface area contributed by atoms with Gasteiger partial charge in [-0.2, -0.15) is 12.6 Å². The monoisotopic (exact) mass is 335 g/mol. The molecule has 9 heteroatoms. The summed E-state index contributed by atoms with van der Waals surface area (Å²) in [6.07, 6.45) is -0.391. The Labute approximate surface area is 136 Å². The number of carboxylic acids is 1. The highest BCUT2D eigenvalue weighted by Crippen LogP contribution is 1.99. The number of likely N-dealkylation sites (N-methyl/N-ethyl adjacent to an activating group) is 1. The van der Waals surface area contributed by atoms with Crippen LogP contribution < -0.4 is 16.2 Å². The van der Waals surface area contributed by atoms with E-state index in [0.717, 1.165) is 0 Å². The fourth-order valence-electron chi connectivity index (χ4n) is 1.38. The second-order valence-corrected chi connectivity index (χ2v) is 6.31. The highest BCUT2D eigenvalue weighted by Gasteiger charge is 2.24. The second-order valence-electron chi connectivity index (χ2n) is 5.94. The van der Waals surface area contributed by atoms with Gasteiger partial charge in [-0.3, -0.25) is 4.79 Å². The number of nitrogens with two attached hydrogens (primary N) is 1. The van der Waals surface area contributed by atoms with Gasteiger partial charge in [0.1, 0.15) is 19.2 Å². The summed E-state index contributed by atoms with van der Waals surface area (Å²) < 4.78 is 5.72. The first kappa shape index (κ1) is 20.7. The number of quaternary nitrogens is 1. The molecule has 0 aromatic rings. The molecule has 8 nitrogen and oxygen atoms in total. The Morgan fingerprint density at radius 2 is 1.91 bits per heavy atom. The standard InChI is InChI=1S/C13H25N3O5S/c1-16(2,3)6-7-21-13(20)10(8-22)15-12(19)9(14)4-5-11(17)18/h9-10H,4-8,14H2,1-3H3,(H2-,15,17,18,19,22)/t9-,10+/m0/s1. The van der Waals surface area contributed by atoms with Gasteiger partial charge in [0.25, 0.3) is 0 Å². The average Bonchev–Trinajstić information content (AvgIpc) is 2.39. The molecule has 0 spiro atoms. The van der Waals surface area contributed by atoms with Crippen molar-refractivity contribution < 1.29 is 28.7 Å². The van der Waals surface area contributed by atoms with Gasteiger partial charge in [-0.05, 0) is 12.8 Å². The summed E-state index contributed by atoms with van der Waals surface area (Å²) in [5, 5.41) is 12.7. The van der Waals surface area contributed by atoms with E-state index in [1.165, 1.54) is 0 Å². The minimum Gasteiger partial charge on any atom is -0.550 e. The molecule has 128 valence electrons. The Hall–Kier alpha value is -1.32. The molecule has 0 rings (SSSR count). The maximum atomic E-state index is 11.8. The van der Waals surface area contributed by atoms with E-state index in [1.807, 2.05) is 21.1 Å². The molecule has 0 bridgehead atoms. The largest absolute Gasteiger partial charge is 0.550 e. The van der Waals surface area contributed by atoms with Crippen molar-refractivity contribution in [2.24, 2.45) is 5.73 Å². The predicted molar refractivity (Wildman–Crippen MR) is 81.9 cm³/mol. The van der Waals surface area contributed by atoms with Crippen molar-refractivity contribution >= 4 is 30.5 Å². The summed E-state index contributed by atoms with van der Waals surface area (Å²) in [6, 6.07) is -1.95. The van der Waals surface area contributed by atoms with Crippen molar-refractivity contribution in [3.05, 3.63) is 0 Å². The molecule has 0 heterocycles. The molecule has 0 radical (unpaired) electrons. The molecule has 0 fully saturated rings. The van der Waals surface area contributed by atoms with Crippen LogP contribution in [0.15, 0.2) is 0 Å². The smallest absolute Gasteiger partial charge is 0.329 e. The number of nitrogens with one attached hydrogen (secondary N) is 1. The van der Waals surface area contributed by atoms with E-state index in [0.29, 0.717) is 11.0 Å². The molecule has 0 aliphatic heterocycles. The number of carbonyl (C=O) groups excluding carboxylic acids is 3. The van der Waals surface area contributed by atoms with Crippen LogP contribution in [-0.4, -0.2) is 74.5 Å². The molecule has 0 aliphatic rings. The summed E-state index contributed by atoms with van der Waals surface area (Å²) in [5.41, 5.74) is 5.54. The lowest BCUT2D eigenvalue weighted by Crippen LogP contribution is -2.50. The van der Waals surface area contributed by atoms with E-state index in [4.69, 9.17) is 10.5 Å². The van der Waals surface area contributed by atoms with Crippen molar-refractivity contribution in [1.82, 2.24) is 5.32 Å². The van der Waals surface area contributed by atoms with Gasteiger partial charge in [0.2, 0.25) is 5.91 Å². The molecular weight excluding hydrogens is 310 g/mol. The number of ether oxygens (including phenoxy) is 1. The number of amides is 1. The lowest BCUT2D eigenvalue weighted by Gasteiger charge is -2.24. The molecule has 0 aromatic carbocycles. The number of nitrogens with zero attached hydrogens (tertiary/aromatic N) is 1. The lowest BCUT2D eigenvalue weighted by atomic mass is 10.1. The van der Waals surface area contributed by atoms with E-state index in [-0.39, 0.29) is 25.2 Å². The molecule has 0 saturated carbocycles. The van der Waals surface area contributed by atoms with Crippen LogP contribution in [0.1, 0.15) is 12.8 Å². The summed E-state index contributed by atoms with van der Waals surface area (Å²) in [4.78, 5) is 33.9. The predicted octanol–water partition coefficient (Wildman–Crippen LogP) is -2.49. The Bertz CT molecular complexity index is 398. The Morgan fingerprint density at radius 3 is 2.36 bits per heavy atom. The van der Waals surface area contributed by atoms with Crippen LogP contribution >= 0.6 is 12.6 Å².